The van der Waals surface area contributed by atoms with Gasteiger partial charge >= 0.3 is 0 Å². The Morgan fingerprint density at radius 1 is 1.08 bits per heavy atom. The smallest absolute Gasteiger partial charge is 0.137 e. The normalized spacial score (nSPS) is 19.0. The molecule has 6 nitrogen and oxygen atoms in total. The number of ether oxygens (including phenoxy) is 1. The molecular weight excluding hydrogens is 496 g/mol. The number of fused-ring (bicyclic) bond motifs is 1. The highest BCUT2D eigenvalue weighted by molar-refractivity contribution is 5.98. The zero-order valence-corrected chi connectivity index (χ0v) is 22.6. The Morgan fingerprint density at radius 2 is 1.90 bits per heavy atom. The van der Waals surface area contributed by atoms with Crippen molar-refractivity contribution in [2.75, 3.05) is 36.5 Å². The Kier molecular flexibility index (Phi) is 6.67. The summed E-state index contributed by atoms with van der Waals surface area (Å²) in [7, 11) is 0. The van der Waals surface area contributed by atoms with Crippen LogP contribution < -0.4 is 10.2 Å². The number of aromatic nitrogens is 3. The summed E-state index contributed by atoms with van der Waals surface area (Å²) in [5, 5.41) is 3.88. The van der Waals surface area contributed by atoms with E-state index in [-0.39, 0.29) is 16.3 Å². The summed E-state index contributed by atoms with van der Waals surface area (Å²) in [5.74, 6) is -0.160. The minimum absolute atomic E-state index is 0.113. The molecule has 1 aliphatic carbocycles. The summed E-state index contributed by atoms with van der Waals surface area (Å²) >= 11 is 0. The van der Waals surface area contributed by atoms with Gasteiger partial charge in [-0.2, -0.15) is 0 Å². The third kappa shape index (κ3) is 4.82. The van der Waals surface area contributed by atoms with Crippen molar-refractivity contribution in [3.63, 3.8) is 0 Å². The van der Waals surface area contributed by atoms with Crippen LogP contribution in [0.5, 0.6) is 0 Å². The molecule has 0 radical (unpaired) electrons. The van der Waals surface area contributed by atoms with Gasteiger partial charge in [-0.1, -0.05) is 26.3 Å². The Morgan fingerprint density at radius 3 is 2.62 bits per heavy atom. The minimum atomic E-state index is -0.666. The molecule has 6 rings (SSSR count). The molecule has 0 unspecified atom stereocenters. The van der Waals surface area contributed by atoms with Gasteiger partial charge in [-0.15, -0.1) is 0 Å². The van der Waals surface area contributed by atoms with Crippen LogP contribution in [-0.2, 0) is 4.74 Å². The molecule has 1 aromatic carbocycles. The van der Waals surface area contributed by atoms with Gasteiger partial charge in [0.25, 0.3) is 0 Å². The van der Waals surface area contributed by atoms with Gasteiger partial charge in [0.05, 0.1) is 41.2 Å². The lowest BCUT2D eigenvalue weighted by atomic mass is 9.77. The zero-order valence-electron chi connectivity index (χ0n) is 22.6. The molecule has 1 aliphatic heterocycles. The SMILES string of the molecule is Cc1c(-c2ccccn2)nc2cc(F)cc(F)c2c1Nc1cc(N2CCOCC2)ncc1[C@H]1CCCC1(C)C. The van der Waals surface area contributed by atoms with Crippen LogP contribution in [0.15, 0.2) is 48.8 Å². The number of pyridine rings is 3. The molecule has 1 saturated carbocycles. The number of anilines is 3. The average molecular weight is 530 g/mol. The Bertz CT molecular complexity index is 1520. The van der Waals surface area contributed by atoms with E-state index in [9.17, 15) is 4.39 Å². The maximum absolute atomic E-state index is 15.4. The van der Waals surface area contributed by atoms with Crippen LogP contribution in [0.2, 0.25) is 0 Å². The lowest BCUT2D eigenvalue weighted by Crippen LogP contribution is -2.36. The highest BCUT2D eigenvalue weighted by atomic mass is 19.1. The van der Waals surface area contributed by atoms with Gasteiger partial charge in [0.2, 0.25) is 0 Å². The van der Waals surface area contributed by atoms with Crippen LogP contribution >= 0.6 is 0 Å². The van der Waals surface area contributed by atoms with E-state index >= 15 is 4.39 Å². The van der Waals surface area contributed by atoms with Gasteiger partial charge in [0, 0.05) is 54.9 Å². The van der Waals surface area contributed by atoms with E-state index < -0.39 is 11.6 Å². The number of nitrogens with one attached hydrogen (secondary N) is 1. The molecular formula is C31H33F2N5O. The molecule has 0 bridgehead atoms. The standard InChI is InChI=1S/C31H33F2N5O/c1-19-29(24-8-4-5-10-34-24)37-26-16-20(32)15-23(33)28(26)30(19)36-25-17-27(38-11-13-39-14-12-38)35-18-21(25)22-7-6-9-31(22,2)3/h4-5,8,10,15-18,22H,6-7,9,11-14H2,1-3H3,(H,35,36,37)/t22-/m1/s1. The van der Waals surface area contributed by atoms with E-state index in [2.05, 4.69) is 40.1 Å². The summed E-state index contributed by atoms with van der Waals surface area (Å²) in [6.45, 7) is 9.34. The Hall–Kier alpha value is -3.65. The number of hydrogen-bond donors (Lipinski definition) is 1. The first kappa shape index (κ1) is 25.6. The first-order chi connectivity index (χ1) is 18.8. The lowest BCUT2D eigenvalue weighted by Gasteiger charge is -2.32. The quantitative estimate of drug-likeness (QED) is 0.296. The van der Waals surface area contributed by atoms with E-state index in [4.69, 9.17) is 9.72 Å². The van der Waals surface area contributed by atoms with Gasteiger partial charge < -0.3 is 15.0 Å². The first-order valence-corrected chi connectivity index (χ1v) is 13.6. The predicted molar refractivity (Wildman–Crippen MR) is 151 cm³/mol. The number of hydrogen-bond acceptors (Lipinski definition) is 6. The lowest BCUT2D eigenvalue weighted by molar-refractivity contribution is 0.122. The molecule has 39 heavy (non-hydrogen) atoms. The predicted octanol–water partition coefficient (Wildman–Crippen LogP) is 7.15. The van der Waals surface area contributed by atoms with Crippen molar-refractivity contribution in [3.05, 3.63) is 71.6 Å². The Balaban J connectivity index is 1.55. The van der Waals surface area contributed by atoms with Gasteiger partial charge in [-0.05, 0) is 48.8 Å². The Labute approximate surface area is 227 Å². The number of morpholine rings is 1. The van der Waals surface area contributed by atoms with E-state index in [0.717, 1.165) is 61.1 Å². The number of rotatable bonds is 5. The summed E-state index contributed by atoms with van der Waals surface area (Å²) in [5.41, 5.74) is 4.89. The second kappa shape index (κ2) is 10.2. The van der Waals surface area contributed by atoms with E-state index in [1.165, 1.54) is 6.07 Å². The van der Waals surface area contributed by atoms with Crippen LogP contribution in [0.3, 0.4) is 0 Å². The average Bonchev–Trinajstić information content (AvgIpc) is 3.29. The summed E-state index contributed by atoms with van der Waals surface area (Å²) in [6.07, 6.45) is 7.03. The van der Waals surface area contributed by atoms with Crippen molar-refractivity contribution in [1.82, 2.24) is 15.0 Å². The van der Waals surface area contributed by atoms with Crippen LogP contribution in [0.25, 0.3) is 22.3 Å². The third-order valence-corrected chi connectivity index (χ3v) is 8.30. The molecule has 1 N–H and O–H groups in total. The van der Waals surface area contributed by atoms with Crippen LogP contribution in [0.4, 0.5) is 26.0 Å². The van der Waals surface area contributed by atoms with Gasteiger partial charge in [-0.25, -0.2) is 18.7 Å². The molecule has 0 spiro atoms. The molecule has 3 aromatic heterocycles. The van der Waals surface area contributed by atoms with Gasteiger partial charge in [0.15, 0.2) is 0 Å². The van der Waals surface area contributed by atoms with Gasteiger partial charge in [-0.3, -0.25) is 4.98 Å². The number of nitrogens with zero attached hydrogens (tertiary/aromatic N) is 4. The third-order valence-electron chi connectivity index (χ3n) is 8.30. The fourth-order valence-electron chi connectivity index (χ4n) is 6.16. The molecule has 202 valence electrons. The van der Waals surface area contributed by atoms with E-state index in [1.807, 2.05) is 31.3 Å². The molecule has 2 aliphatic rings. The van der Waals surface area contributed by atoms with Crippen molar-refractivity contribution < 1.29 is 13.5 Å². The molecule has 1 atom stereocenters. The van der Waals surface area contributed by atoms with E-state index in [1.54, 1.807) is 6.20 Å². The maximum atomic E-state index is 15.4. The van der Waals surface area contributed by atoms with Crippen molar-refractivity contribution in [3.8, 4) is 11.4 Å². The van der Waals surface area contributed by atoms with Crippen molar-refractivity contribution in [1.29, 1.82) is 0 Å². The van der Waals surface area contributed by atoms with Crippen molar-refractivity contribution >= 4 is 28.1 Å². The highest BCUT2D eigenvalue weighted by Crippen LogP contribution is 2.51. The molecule has 4 heterocycles. The van der Waals surface area contributed by atoms with Crippen molar-refractivity contribution in [2.45, 2.75) is 46.0 Å². The van der Waals surface area contributed by atoms with Crippen molar-refractivity contribution in [2.24, 2.45) is 5.41 Å². The van der Waals surface area contributed by atoms with E-state index in [0.29, 0.717) is 36.2 Å². The first-order valence-electron chi connectivity index (χ1n) is 13.6. The largest absolute Gasteiger partial charge is 0.378 e. The second-order valence-corrected chi connectivity index (χ2v) is 11.2. The zero-order chi connectivity index (χ0) is 27.1. The minimum Gasteiger partial charge on any atom is -0.378 e. The second-order valence-electron chi connectivity index (χ2n) is 11.2. The van der Waals surface area contributed by atoms with Gasteiger partial charge in [0.1, 0.15) is 17.5 Å². The molecule has 4 aromatic rings. The monoisotopic (exact) mass is 529 g/mol. The summed E-state index contributed by atoms with van der Waals surface area (Å²) in [6, 6.07) is 9.84. The summed E-state index contributed by atoms with van der Waals surface area (Å²) in [4.78, 5) is 16.2. The fraction of sp³-hybridized carbons (Fsp3) is 0.387. The summed E-state index contributed by atoms with van der Waals surface area (Å²) < 4.78 is 35.4. The van der Waals surface area contributed by atoms with Crippen LogP contribution in [-0.4, -0.2) is 41.3 Å². The number of halogens is 2. The van der Waals surface area contributed by atoms with Crippen LogP contribution in [0, 0.1) is 24.0 Å². The molecule has 0 amide bonds. The molecule has 2 fully saturated rings. The topological polar surface area (TPSA) is 63.2 Å². The highest BCUT2D eigenvalue weighted by Gasteiger charge is 2.37. The van der Waals surface area contributed by atoms with Crippen LogP contribution in [0.1, 0.15) is 50.2 Å². The maximum Gasteiger partial charge on any atom is 0.137 e. The molecule has 8 heteroatoms. The molecule has 1 saturated heterocycles. The number of benzene rings is 1. The fourth-order valence-corrected chi connectivity index (χ4v) is 6.16.